The first-order valence-corrected chi connectivity index (χ1v) is 3.00. The van der Waals surface area contributed by atoms with Crippen LogP contribution in [-0.4, -0.2) is 19.5 Å². The van der Waals surface area contributed by atoms with E-state index in [-0.39, 0.29) is 6.29 Å². The Morgan fingerprint density at radius 2 is 2.12 bits per heavy atom. The van der Waals surface area contributed by atoms with Crippen LogP contribution >= 0.6 is 0 Å². The van der Waals surface area contributed by atoms with Gasteiger partial charge >= 0.3 is 0 Å². The summed E-state index contributed by atoms with van der Waals surface area (Å²) in [5.74, 6) is 0. The van der Waals surface area contributed by atoms with Gasteiger partial charge in [0.2, 0.25) is 0 Å². The van der Waals surface area contributed by atoms with Crippen LogP contribution in [0.4, 0.5) is 0 Å². The minimum atomic E-state index is -0.0139. The minimum absolute atomic E-state index is 0.0139. The zero-order valence-electron chi connectivity index (χ0n) is 5.09. The van der Waals surface area contributed by atoms with E-state index >= 15 is 0 Å². The van der Waals surface area contributed by atoms with Crippen LogP contribution in [0.1, 0.15) is 13.3 Å². The summed E-state index contributed by atoms with van der Waals surface area (Å²) >= 11 is 0. The van der Waals surface area contributed by atoms with E-state index in [4.69, 9.17) is 9.47 Å². The predicted octanol–water partition coefficient (Wildman–Crippen LogP) is 0.974. The average Bonchev–Trinajstić information content (AvgIpc) is 2.19. The summed E-state index contributed by atoms with van der Waals surface area (Å²) in [7, 11) is 0. The van der Waals surface area contributed by atoms with Crippen molar-refractivity contribution in [3.8, 4) is 0 Å². The van der Waals surface area contributed by atoms with Gasteiger partial charge in [-0.25, -0.2) is 0 Å². The van der Waals surface area contributed by atoms with E-state index in [9.17, 15) is 0 Å². The molecule has 0 N–H and O–H groups in total. The maximum atomic E-state index is 5.12. The molecule has 0 saturated carbocycles. The Morgan fingerprint density at radius 1 is 1.50 bits per heavy atom. The molecule has 8 heavy (non-hydrogen) atoms. The molecule has 0 bridgehead atoms. The first-order valence-electron chi connectivity index (χ1n) is 3.00. The van der Waals surface area contributed by atoms with Crippen LogP contribution in [0.5, 0.6) is 0 Å². The SMILES string of the molecule is CC[CH]C1OCCO1. The molecule has 1 heterocycles. The lowest BCUT2D eigenvalue weighted by Gasteiger charge is -2.03. The van der Waals surface area contributed by atoms with E-state index in [1.807, 2.05) is 6.42 Å². The van der Waals surface area contributed by atoms with E-state index in [1.165, 1.54) is 0 Å². The van der Waals surface area contributed by atoms with Crippen molar-refractivity contribution in [1.82, 2.24) is 0 Å². The number of hydrogen-bond donors (Lipinski definition) is 0. The summed E-state index contributed by atoms with van der Waals surface area (Å²) in [6, 6.07) is 0. The highest BCUT2D eigenvalue weighted by atomic mass is 16.7. The second-order valence-electron chi connectivity index (χ2n) is 1.75. The molecule has 0 unspecified atom stereocenters. The van der Waals surface area contributed by atoms with Crippen LogP contribution in [0.25, 0.3) is 0 Å². The second kappa shape index (κ2) is 3.05. The molecule has 2 heteroatoms. The molecule has 0 aromatic rings. The fourth-order valence-electron chi connectivity index (χ4n) is 0.705. The highest BCUT2D eigenvalue weighted by molar-refractivity contribution is 4.69. The van der Waals surface area contributed by atoms with E-state index in [0.29, 0.717) is 0 Å². The second-order valence-corrected chi connectivity index (χ2v) is 1.75. The van der Waals surface area contributed by atoms with Crippen molar-refractivity contribution in [3.63, 3.8) is 0 Å². The third-order valence-corrected chi connectivity index (χ3v) is 1.08. The Morgan fingerprint density at radius 3 is 2.62 bits per heavy atom. The van der Waals surface area contributed by atoms with Crippen LogP contribution < -0.4 is 0 Å². The normalized spacial score (nSPS) is 22.1. The van der Waals surface area contributed by atoms with E-state index in [0.717, 1.165) is 19.6 Å². The van der Waals surface area contributed by atoms with Crippen LogP contribution in [0, 0.1) is 6.42 Å². The molecule has 47 valence electrons. The summed E-state index contributed by atoms with van der Waals surface area (Å²) in [4.78, 5) is 0. The van der Waals surface area contributed by atoms with Crippen molar-refractivity contribution in [2.45, 2.75) is 19.6 Å². The summed E-state index contributed by atoms with van der Waals surface area (Å²) in [5.41, 5.74) is 0. The lowest BCUT2D eigenvalue weighted by molar-refractivity contribution is -0.0163. The van der Waals surface area contributed by atoms with Crippen molar-refractivity contribution in [2.75, 3.05) is 13.2 Å². The van der Waals surface area contributed by atoms with Gasteiger partial charge < -0.3 is 9.47 Å². The highest BCUT2D eigenvalue weighted by Gasteiger charge is 2.13. The molecular weight excluding hydrogens is 104 g/mol. The lowest BCUT2D eigenvalue weighted by atomic mass is 10.3. The van der Waals surface area contributed by atoms with Crippen LogP contribution in [-0.2, 0) is 9.47 Å². The zero-order chi connectivity index (χ0) is 5.82. The highest BCUT2D eigenvalue weighted by Crippen LogP contribution is 2.07. The predicted molar refractivity (Wildman–Crippen MR) is 30.3 cm³/mol. The zero-order valence-corrected chi connectivity index (χ0v) is 5.09. The quantitative estimate of drug-likeness (QED) is 0.534. The topological polar surface area (TPSA) is 18.5 Å². The van der Waals surface area contributed by atoms with E-state index in [1.54, 1.807) is 0 Å². The summed E-state index contributed by atoms with van der Waals surface area (Å²) < 4.78 is 10.2. The summed E-state index contributed by atoms with van der Waals surface area (Å²) in [5, 5.41) is 0. The maximum Gasteiger partial charge on any atom is 0.161 e. The molecular formula is C6H11O2. The molecule has 1 fully saturated rings. The fourth-order valence-corrected chi connectivity index (χ4v) is 0.705. The van der Waals surface area contributed by atoms with Gasteiger partial charge in [-0.1, -0.05) is 6.92 Å². The smallest absolute Gasteiger partial charge is 0.161 e. The molecule has 0 amide bonds. The largest absolute Gasteiger partial charge is 0.350 e. The Kier molecular flexibility index (Phi) is 2.30. The number of rotatable bonds is 2. The molecule has 0 aliphatic carbocycles. The van der Waals surface area contributed by atoms with Crippen molar-refractivity contribution < 1.29 is 9.47 Å². The molecule has 0 aromatic heterocycles. The fraction of sp³-hybridized carbons (Fsp3) is 0.833. The van der Waals surface area contributed by atoms with Crippen molar-refractivity contribution in [2.24, 2.45) is 0 Å². The molecule has 0 aromatic carbocycles. The van der Waals surface area contributed by atoms with Gasteiger partial charge in [0, 0.05) is 6.42 Å². The average molecular weight is 115 g/mol. The van der Waals surface area contributed by atoms with Crippen molar-refractivity contribution in [1.29, 1.82) is 0 Å². The van der Waals surface area contributed by atoms with E-state index in [2.05, 4.69) is 6.92 Å². The van der Waals surface area contributed by atoms with Gasteiger partial charge in [-0.05, 0) is 6.42 Å². The van der Waals surface area contributed by atoms with Crippen LogP contribution in [0.15, 0.2) is 0 Å². The lowest BCUT2D eigenvalue weighted by Crippen LogP contribution is -2.06. The molecule has 0 spiro atoms. The Balaban J connectivity index is 2.06. The number of hydrogen-bond acceptors (Lipinski definition) is 2. The van der Waals surface area contributed by atoms with E-state index < -0.39 is 0 Å². The number of ether oxygens (including phenoxy) is 2. The van der Waals surface area contributed by atoms with Gasteiger partial charge in [-0.3, -0.25) is 0 Å². The molecule has 1 aliphatic heterocycles. The first kappa shape index (κ1) is 6.05. The molecule has 1 saturated heterocycles. The Labute approximate surface area is 49.8 Å². The molecule has 1 radical (unpaired) electrons. The molecule has 1 rings (SSSR count). The van der Waals surface area contributed by atoms with Gasteiger partial charge in [0.1, 0.15) is 0 Å². The van der Waals surface area contributed by atoms with Gasteiger partial charge in [0.25, 0.3) is 0 Å². The Bertz CT molecular complexity index is 57.5. The third-order valence-electron chi connectivity index (χ3n) is 1.08. The monoisotopic (exact) mass is 115 g/mol. The van der Waals surface area contributed by atoms with Gasteiger partial charge in [0.15, 0.2) is 6.29 Å². The van der Waals surface area contributed by atoms with Crippen LogP contribution in [0.3, 0.4) is 0 Å². The standard InChI is InChI=1S/C6H11O2/c1-2-3-6-7-4-5-8-6/h3,6H,2,4-5H2,1H3. The van der Waals surface area contributed by atoms with Crippen molar-refractivity contribution in [3.05, 3.63) is 6.42 Å². The molecule has 0 atom stereocenters. The Hall–Kier alpha value is -0.0800. The maximum absolute atomic E-state index is 5.12. The van der Waals surface area contributed by atoms with Gasteiger partial charge in [0.05, 0.1) is 13.2 Å². The van der Waals surface area contributed by atoms with Gasteiger partial charge in [-0.15, -0.1) is 0 Å². The summed E-state index contributed by atoms with van der Waals surface area (Å²) in [6.07, 6.45) is 3.03. The first-order chi connectivity index (χ1) is 3.93. The van der Waals surface area contributed by atoms with Gasteiger partial charge in [-0.2, -0.15) is 0 Å². The molecule has 1 aliphatic rings. The molecule has 2 nitrogen and oxygen atoms in total. The van der Waals surface area contributed by atoms with Crippen molar-refractivity contribution >= 4 is 0 Å². The summed E-state index contributed by atoms with van der Waals surface area (Å²) in [6.45, 7) is 3.58. The minimum Gasteiger partial charge on any atom is -0.350 e. The third kappa shape index (κ3) is 1.46. The van der Waals surface area contributed by atoms with Crippen LogP contribution in [0.2, 0.25) is 0 Å².